The summed E-state index contributed by atoms with van der Waals surface area (Å²) in [4.78, 5) is 39.3. The Labute approximate surface area is 301 Å². The van der Waals surface area contributed by atoms with Gasteiger partial charge in [0.25, 0.3) is 0 Å². The number of aliphatic hydroxyl groups excluding tert-OH is 1. The van der Waals surface area contributed by atoms with Crippen LogP contribution in [0.15, 0.2) is 71.5 Å². The zero-order valence-corrected chi connectivity index (χ0v) is 30.2. The minimum atomic E-state index is -2.83. The molecule has 5 aromatic rings. The molecule has 0 saturated carbocycles. The van der Waals surface area contributed by atoms with Crippen molar-refractivity contribution < 1.29 is 43.4 Å². The van der Waals surface area contributed by atoms with Gasteiger partial charge in [-0.15, -0.1) is 0 Å². The highest BCUT2D eigenvalue weighted by Crippen LogP contribution is 2.44. The van der Waals surface area contributed by atoms with E-state index in [-0.39, 0.29) is 42.2 Å². The maximum atomic E-state index is 13.5. The second kappa shape index (κ2) is 15.0. The number of halogens is 1. The predicted octanol–water partition coefficient (Wildman–Crippen LogP) is 4.19. The van der Waals surface area contributed by atoms with Crippen LogP contribution in [0.2, 0.25) is 0 Å². The van der Waals surface area contributed by atoms with E-state index in [2.05, 4.69) is 19.7 Å². The first-order chi connectivity index (χ1) is 24.0. The minimum Gasteiger partial charge on any atom is -0.575 e. The second-order valence-corrected chi connectivity index (χ2v) is 13.4. The normalized spacial score (nSPS) is 21.3. The molecule has 1 saturated heterocycles. The van der Waals surface area contributed by atoms with Crippen LogP contribution >= 0.6 is 30.8 Å². The fourth-order valence-electron chi connectivity index (χ4n) is 5.61. The molecule has 0 spiro atoms. The minimum absolute atomic E-state index is 0.0770. The van der Waals surface area contributed by atoms with Crippen molar-refractivity contribution in [3.05, 3.63) is 76.1 Å². The van der Waals surface area contributed by atoms with E-state index < -0.39 is 44.2 Å². The topological polar surface area (TPSA) is 209 Å². The van der Waals surface area contributed by atoms with Gasteiger partial charge >= 0.3 is 14.1 Å². The molecule has 3 aromatic carbocycles. The van der Waals surface area contributed by atoms with E-state index in [9.17, 15) is 19.9 Å². The molecule has 1 unspecified atom stereocenters. The summed E-state index contributed by atoms with van der Waals surface area (Å²) in [6.45, 7) is 3.23. The lowest BCUT2D eigenvalue weighted by atomic mass is 9.96. The molecule has 0 aliphatic carbocycles. The lowest BCUT2D eigenvalue weighted by Crippen LogP contribution is -2.45. The smallest absolute Gasteiger partial charge is 0.395 e. The average Bonchev–Trinajstić information content (AvgIpc) is 3.55. The van der Waals surface area contributed by atoms with Crippen molar-refractivity contribution in [2.24, 2.45) is 4.74 Å². The Morgan fingerprint density at radius 3 is 2.64 bits per heavy atom. The summed E-state index contributed by atoms with van der Waals surface area (Å²) >= 11 is 1.96. The van der Waals surface area contributed by atoms with Gasteiger partial charge in [0.2, 0.25) is 23.6 Å². The van der Waals surface area contributed by atoms with E-state index in [0.717, 1.165) is 5.39 Å². The van der Waals surface area contributed by atoms with Crippen molar-refractivity contribution in [1.82, 2.24) is 19.5 Å². The Kier molecular flexibility index (Phi) is 10.7. The molecule has 4 N–H and O–H groups in total. The van der Waals surface area contributed by atoms with Gasteiger partial charge in [-0.05, 0) is 30.4 Å². The lowest BCUT2D eigenvalue weighted by molar-refractivity contribution is -0.169. The number of fused-ring (bicyclic) bond motifs is 2. The first kappa shape index (κ1) is 35.6. The number of methoxy groups -OCH3 is 1. The fourth-order valence-corrected chi connectivity index (χ4v) is 7.14. The fraction of sp³-hybridized carbons (Fsp3) is 0.333. The Balaban J connectivity index is 1.29. The number of nitrogens with two attached hydrogens (primary N) is 1. The number of hydrogen-bond acceptors (Lipinski definition) is 14. The summed E-state index contributed by atoms with van der Waals surface area (Å²) < 4.78 is 35.0. The monoisotopic (exact) mass is 816 g/mol. The number of nitrogens with zero attached hydrogens (tertiary/aromatic N) is 5. The largest absolute Gasteiger partial charge is 0.575 e. The predicted molar refractivity (Wildman–Crippen MR) is 189 cm³/mol. The van der Waals surface area contributed by atoms with E-state index in [1.807, 2.05) is 41.6 Å². The molecule has 15 nitrogen and oxygen atoms in total. The number of nitrogen functional groups attached to an aromatic ring is 1. The van der Waals surface area contributed by atoms with Crippen LogP contribution in [0.1, 0.15) is 38.1 Å². The molecule has 50 heavy (non-hydrogen) atoms. The zero-order chi connectivity index (χ0) is 35.6. The third-order valence-corrected chi connectivity index (χ3v) is 9.60. The van der Waals surface area contributed by atoms with Gasteiger partial charge < -0.3 is 39.8 Å². The summed E-state index contributed by atoms with van der Waals surface area (Å²) in [6, 6.07) is 18.1. The molecule has 1 fully saturated rings. The molecule has 2 aromatic heterocycles. The number of anilines is 1. The third kappa shape index (κ3) is 7.04. The van der Waals surface area contributed by atoms with E-state index in [0.29, 0.717) is 26.7 Å². The van der Waals surface area contributed by atoms with Gasteiger partial charge in [0.05, 0.1) is 13.7 Å². The number of esters is 1. The van der Waals surface area contributed by atoms with Crippen LogP contribution in [0.5, 0.6) is 17.4 Å². The van der Waals surface area contributed by atoms with Gasteiger partial charge in [-0.2, -0.15) is 9.97 Å². The number of rotatable bonds is 12. The summed E-state index contributed by atoms with van der Waals surface area (Å²) in [7, 11) is -1.41. The standard InChI is InChI=1S/C33H34IN6O9P/c1-4-16-46-29(42)23(19-11-6-5-7-12-19)39-50(44)49-25-20-13-9-8-10-18(20)14-15-21(25)47-17-22-26(41)33(2,43)30(48-22)40-27-24(36-31(40)34)28(45-3)38-32(35)37-27/h5-15,22-23,26,30,41,43H,4,16-17H2,1-3H3,(H2,35,37,38)/t22-,23+,26-,30-,33-/m1/s1. The van der Waals surface area contributed by atoms with Crippen LogP contribution in [-0.2, 0) is 14.3 Å². The zero-order valence-electron chi connectivity index (χ0n) is 27.2. The highest BCUT2D eigenvalue weighted by atomic mass is 127. The van der Waals surface area contributed by atoms with E-state index in [1.54, 1.807) is 54.6 Å². The molecule has 6 rings (SSSR count). The van der Waals surface area contributed by atoms with Gasteiger partial charge in [0, 0.05) is 28.0 Å². The number of imidazole rings is 1. The van der Waals surface area contributed by atoms with Crippen molar-refractivity contribution >= 4 is 64.6 Å². The van der Waals surface area contributed by atoms with Crippen molar-refractivity contribution in [2.75, 3.05) is 26.1 Å². The van der Waals surface area contributed by atoms with Crippen LogP contribution in [0, 0.1) is 3.83 Å². The molecular weight excluding hydrogens is 782 g/mol. The molecule has 262 valence electrons. The number of carbonyl (C=O) groups is 1. The van der Waals surface area contributed by atoms with Gasteiger partial charge in [0.15, 0.2) is 27.0 Å². The molecule has 17 heteroatoms. The Bertz CT molecular complexity index is 2050. The molecular formula is C33H34IN6O9P. The molecule has 0 bridgehead atoms. The average molecular weight is 817 g/mol. The van der Waals surface area contributed by atoms with Gasteiger partial charge in [-0.25, -0.2) is 9.78 Å². The summed E-state index contributed by atoms with van der Waals surface area (Å²) in [6.07, 6.45) is -3.04. The van der Waals surface area contributed by atoms with E-state index >= 15 is 0 Å². The number of carbonyl (C=O) groups excluding carboxylic acids is 1. The molecule has 1 aliphatic heterocycles. The number of aliphatic hydroxyl groups is 2. The second-order valence-electron chi connectivity index (χ2n) is 11.6. The maximum Gasteiger partial charge on any atom is 0.395 e. The number of aromatic nitrogens is 4. The van der Waals surface area contributed by atoms with Crippen LogP contribution < -0.4 is 24.6 Å². The van der Waals surface area contributed by atoms with Crippen molar-refractivity contribution in [1.29, 1.82) is 0 Å². The van der Waals surface area contributed by atoms with Crippen LogP contribution in [0.3, 0.4) is 0 Å². The molecule has 3 heterocycles. The van der Waals surface area contributed by atoms with Crippen LogP contribution in [0.25, 0.3) is 21.9 Å². The van der Waals surface area contributed by atoms with E-state index in [4.69, 9.17) is 29.2 Å². The maximum absolute atomic E-state index is 13.5. The van der Waals surface area contributed by atoms with Crippen LogP contribution in [0.4, 0.5) is 5.95 Å². The summed E-state index contributed by atoms with van der Waals surface area (Å²) in [5.41, 5.74) is 5.11. The van der Waals surface area contributed by atoms with Crippen molar-refractivity contribution in [2.45, 2.75) is 50.3 Å². The third-order valence-electron chi connectivity index (χ3n) is 8.08. The number of ether oxygens (including phenoxy) is 4. The number of benzene rings is 3. The van der Waals surface area contributed by atoms with Crippen molar-refractivity contribution in [3.8, 4) is 17.4 Å². The Morgan fingerprint density at radius 2 is 1.90 bits per heavy atom. The Hall–Kier alpha value is -4.19. The van der Waals surface area contributed by atoms with Crippen molar-refractivity contribution in [3.63, 3.8) is 0 Å². The summed E-state index contributed by atoms with van der Waals surface area (Å²) in [5, 5.41) is 24.1. The lowest BCUT2D eigenvalue weighted by Gasteiger charge is -2.27. The summed E-state index contributed by atoms with van der Waals surface area (Å²) in [5.74, 6) is -0.317. The highest BCUT2D eigenvalue weighted by molar-refractivity contribution is 14.1. The first-order valence-corrected chi connectivity index (χ1v) is 17.8. The van der Waals surface area contributed by atoms with Gasteiger partial charge in [0.1, 0.15) is 24.4 Å². The quantitative estimate of drug-likeness (QED) is 0.0700. The Morgan fingerprint density at radius 1 is 1.16 bits per heavy atom. The highest BCUT2D eigenvalue weighted by Gasteiger charge is 2.54. The molecule has 0 amide bonds. The molecule has 0 radical (unpaired) electrons. The van der Waals surface area contributed by atoms with Gasteiger partial charge in [-0.1, -0.05) is 72.3 Å². The van der Waals surface area contributed by atoms with Crippen LogP contribution in [-0.4, -0.2) is 73.8 Å². The van der Waals surface area contributed by atoms with E-state index in [1.165, 1.54) is 18.6 Å². The number of hydrogen-bond donors (Lipinski definition) is 3. The van der Waals surface area contributed by atoms with Gasteiger partial charge in [-0.3, -0.25) is 9.09 Å². The SMILES string of the molecule is CCCOC(=O)[C@@H](N=[P+]([O-])Oc1c(OC[C@H]2O[C@@H](n3c(I)nc4c(OC)nc(N)nc43)[C@](C)(O)[C@@H]2O)ccc2ccccc12)c1ccccc1. The molecule has 6 atom stereocenters. The molecule has 1 aliphatic rings. The first-order valence-electron chi connectivity index (χ1n) is 15.6.